The summed E-state index contributed by atoms with van der Waals surface area (Å²) >= 11 is 0. The van der Waals surface area contributed by atoms with Gasteiger partial charge in [0.15, 0.2) is 0 Å². The van der Waals surface area contributed by atoms with Crippen molar-refractivity contribution in [2.24, 2.45) is 0 Å². The molecule has 2 aromatic rings. The van der Waals surface area contributed by atoms with E-state index in [4.69, 9.17) is 12.2 Å². The number of hydrogen-bond donors (Lipinski definition) is 1. The number of carbonyl (C=O) groups is 4. The highest BCUT2D eigenvalue weighted by Gasteiger charge is 2.40. The van der Waals surface area contributed by atoms with E-state index < -0.39 is 24.4 Å². The minimum absolute atomic E-state index is 0.129. The Kier molecular flexibility index (Phi) is 5.37. The predicted molar refractivity (Wildman–Crippen MR) is 119 cm³/mol. The molecule has 4 amide bonds. The topological polar surface area (TPSA) is 105 Å². The minimum atomic E-state index is -1.86. The first-order chi connectivity index (χ1) is 17.2. The molecule has 2 aromatic carbocycles. The quantitative estimate of drug-likeness (QED) is 0.647. The van der Waals surface area contributed by atoms with Gasteiger partial charge in [0.2, 0.25) is 17.7 Å². The van der Waals surface area contributed by atoms with Crippen LogP contribution in [0.4, 0.5) is 0 Å². The van der Waals surface area contributed by atoms with Crippen LogP contribution in [-0.2, 0) is 38.8 Å². The number of piperidine rings is 1. The fourth-order valence-corrected chi connectivity index (χ4v) is 4.35. The van der Waals surface area contributed by atoms with E-state index in [0.717, 1.165) is 11.1 Å². The van der Waals surface area contributed by atoms with Crippen molar-refractivity contribution in [2.75, 3.05) is 19.7 Å². The second-order valence-corrected chi connectivity index (χ2v) is 8.42. The fraction of sp³-hybridized carbons (Fsp3) is 0.360. The van der Waals surface area contributed by atoms with Crippen LogP contribution in [0, 0.1) is 0 Å². The number of nitrogens with one attached hydrogen (secondary N) is 1. The molecule has 9 nitrogen and oxygen atoms in total. The molecule has 0 spiro atoms. The Morgan fingerprint density at radius 2 is 1.88 bits per heavy atom. The summed E-state index contributed by atoms with van der Waals surface area (Å²) in [6.45, 7) is -1.54. The molecule has 0 saturated carbocycles. The van der Waals surface area contributed by atoms with Crippen molar-refractivity contribution in [3.05, 3.63) is 64.7 Å². The van der Waals surface area contributed by atoms with E-state index >= 15 is 0 Å². The molecule has 176 valence electrons. The van der Waals surface area contributed by atoms with Gasteiger partial charge < -0.3 is 19.3 Å². The van der Waals surface area contributed by atoms with Gasteiger partial charge in [-0.3, -0.25) is 24.5 Å². The highest BCUT2D eigenvalue weighted by Crippen LogP contribution is 2.34. The van der Waals surface area contributed by atoms with Gasteiger partial charge in [0.25, 0.3) is 5.91 Å². The van der Waals surface area contributed by atoms with Crippen LogP contribution < -0.4 is 10.1 Å². The number of imide groups is 1. The molecule has 0 aromatic heterocycles. The van der Waals surface area contributed by atoms with Crippen LogP contribution in [-0.4, -0.2) is 59.2 Å². The second-order valence-electron chi connectivity index (χ2n) is 8.42. The molecule has 5 rings (SSSR count). The number of nitrogens with zero attached hydrogens (tertiary/aromatic N) is 2. The van der Waals surface area contributed by atoms with E-state index in [1.165, 1.54) is 9.80 Å². The predicted octanol–water partition coefficient (Wildman–Crippen LogP) is 1.39. The highest BCUT2D eigenvalue weighted by molar-refractivity contribution is 6.05. The zero-order chi connectivity index (χ0) is 25.4. The van der Waals surface area contributed by atoms with Crippen molar-refractivity contribution in [3.63, 3.8) is 0 Å². The van der Waals surface area contributed by atoms with Crippen molar-refractivity contribution >= 4 is 23.6 Å². The van der Waals surface area contributed by atoms with E-state index in [1.54, 1.807) is 18.2 Å². The monoisotopic (exact) mass is 465 g/mol. The first-order valence-corrected chi connectivity index (χ1v) is 11.1. The van der Waals surface area contributed by atoms with Gasteiger partial charge in [0, 0.05) is 30.6 Å². The minimum Gasteiger partial charge on any atom is -0.489 e. The average Bonchev–Trinajstić information content (AvgIpc) is 3.17. The summed E-state index contributed by atoms with van der Waals surface area (Å²) < 4.78 is 27.0. The molecule has 1 atom stereocenters. The maximum absolute atomic E-state index is 13.0. The number of benzene rings is 2. The zero-order valence-electron chi connectivity index (χ0n) is 20.4. The third-order valence-corrected chi connectivity index (χ3v) is 6.18. The lowest BCUT2D eigenvalue weighted by Crippen LogP contribution is -2.52. The summed E-state index contributed by atoms with van der Waals surface area (Å²) in [4.78, 5) is 51.5. The van der Waals surface area contributed by atoms with Crippen molar-refractivity contribution in [2.45, 2.75) is 38.6 Å². The number of hydrogen-bond acceptors (Lipinski definition) is 6. The molecule has 9 heteroatoms. The molecule has 2 fully saturated rings. The molecule has 0 radical (unpaired) electrons. The standard InChI is InChI=1S/C25H25N3O6/c29-22-9-8-20(24(31)26-22)28-13-19-18(25(28)32)2-1-3-21(19)34-14-17-6-4-16(5-7-17)12-27-10-11-33-15-23(27)30/h1-7,20H,8-15H2,(H,26,29,31)/i10D2. The normalized spacial score (nSPS) is 22.8. The molecule has 34 heavy (non-hydrogen) atoms. The smallest absolute Gasteiger partial charge is 0.255 e. The lowest BCUT2D eigenvalue weighted by atomic mass is 10.0. The number of morpholine rings is 1. The van der Waals surface area contributed by atoms with E-state index in [-0.39, 0.29) is 51.1 Å². The Morgan fingerprint density at radius 3 is 2.65 bits per heavy atom. The molecule has 1 N–H and O–H groups in total. The summed E-state index contributed by atoms with van der Waals surface area (Å²) in [6, 6.07) is 11.9. The van der Waals surface area contributed by atoms with Gasteiger partial charge in [-0.25, -0.2) is 0 Å². The number of carbonyl (C=O) groups excluding carboxylic acids is 4. The molecular weight excluding hydrogens is 438 g/mol. The summed E-state index contributed by atoms with van der Waals surface area (Å²) in [5.41, 5.74) is 2.83. The number of amides is 4. The Hall–Kier alpha value is -3.72. The van der Waals surface area contributed by atoms with Gasteiger partial charge in [-0.15, -0.1) is 0 Å². The fourth-order valence-electron chi connectivity index (χ4n) is 4.35. The Labute approximate surface area is 199 Å². The Balaban J connectivity index is 1.24. The first kappa shape index (κ1) is 19.7. The first-order valence-electron chi connectivity index (χ1n) is 12.1. The van der Waals surface area contributed by atoms with Crippen LogP contribution in [0.15, 0.2) is 42.5 Å². The van der Waals surface area contributed by atoms with Crippen molar-refractivity contribution in [1.29, 1.82) is 0 Å². The lowest BCUT2D eigenvalue weighted by molar-refractivity contribution is -0.143. The van der Waals surface area contributed by atoms with Gasteiger partial charge in [-0.05, 0) is 29.7 Å². The zero-order valence-corrected chi connectivity index (χ0v) is 18.4. The average molecular weight is 466 g/mol. The number of fused-ring (bicyclic) bond motifs is 1. The van der Waals surface area contributed by atoms with E-state index in [0.29, 0.717) is 23.3 Å². The van der Waals surface area contributed by atoms with Crippen LogP contribution in [0.2, 0.25) is 0 Å². The third kappa shape index (κ3) is 4.38. The van der Waals surface area contributed by atoms with Crippen molar-refractivity contribution < 1.29 is 31.4 Å². The third-order valence-electron chi connectivity index (χ3n) is 6.18. The number of rotatable bonds is 6. The van der Waals surface area contributed by atoms with Crippen molar-refractivity contribution in [1.82, 2.24) is 15.1 Å². The van der Waals surface area contributed by atoms with Gasteiger partial charge in [0.05, 0.1) is 15.9 Å². The molecule has 3 aliphatic rings. The lowest BCUT2D eigenvalue weighted by Gasteiger charge is -2.29. The van der Waals surface area contributed by atoms with Crippen LogP contribution in [0.1, 0.15) is 42.6 Å². The van der Waals surface area contributed by atoms with Crippen LogP contribution in [0.25, 0.3) is 0 Å². The van der Waals surface area contributed by atoms with Crippen molar-refractivity contribution in [3.8, 4) is 5.75 Å². The number of ether oxygens (including phenoxy) is 2. The highest BCUT2D eigenvalue weighted by atomic mass is 16.5. The molecule has 1 unspecified atom stereocenters. The van der Waals surface area contributed by atoms with Gasteiger partial charge >= 0.3 is 0 Å². The summed E-state index contributed by atoms with van der Waals surface area (Å²) in [5.74, 6) is -0.885. The molecule has 3 aliphatic heterocycles. The molecule has 0 bridgehead atoms. The maximum atomic E-state index is 13.0. The maximum Gasteiger partial charge on any atom is 0.255 e. The van der Waals surface area contributed by atoms with Gasteiger partial charge in [-0.1, -0.05) is 30.3 Å². The molecule has 3 heterocycles. The Bertz CT molecular complexity index is 1230. The van der Waals surface area contributed by atoms with Crippen LogP contribution in [0.3, 0.4) is 0 Å². The SMILES string of the molecule is [2H]C1([2H])COCC(=O)N1Cc1ccc(COc2cccc3c2CN(C2CCC(=O)NC2=O)C3=O)cc1. The summed E-state index contributed by atoms with van der Waals surface area (Å²) in [7, 11) is 0. The van der Waals surface area contributed by atoms with E-state index in [9.17, 15) is 19.2 Å². The molecule has 2 saturated heterocycles. The second kappa shape index (κ2) is 9.26. The largest absolute Gasteiger partial charge is 0.489 e. The van der Waals surface area contributed by atoms with Crippen LogP contribution >= 0.6 is 0 Å². The molecule has 0 aliphatic carbocycles. The summed E-state index contributed by atoms with van der Waals surface area (Å²) in [6.07, 6.45) is 0.491. The molecular formula is C25H25N3O6. The van der Waals surface area contributed by atoms with Gasteiger partial charge in [-0.2, -0.15) is 0 Å². The summed E-state index contributed by atoms with van der Waals surface area (Å²) in [5, 5.41) is 2.30. The Morgan fingerprint density at radius 1 is 1.09 bits per heavy atom. The van der Waals surface area contributed by atoms with Gasteiger partial charge in [0.1, 0.15) is 25.0 Å². The van der Waals surface area contributed by atoms with Crippen LogP contribution in [0.5, 0.6) is 5.75 Å². The van der Waals surface area contributed by atoms with E-state index in [1.807, 2.05) is 24.3 Å². The van der Waals surface area contributed by atoms with E-state index in [2.05, 4.69) is 5.32 Å².